The van der Waals surface area contributed by atoms with E-state index in [-0.39, 0.29) is 0 Å². The Morgan fingerprint density at radius 1 is 1.05 bits per heavy atom. The van der Waals surface area contributed by atoms with Gasteiger partial charge in [-0.15, -0.1) is 5.10 Å². The molecule has 19 heavy (non-hydrogen) atoms. The first-order valence-corrected chi connectivity index (χ1v) is 6.56. The lowest BCUT2D eigenvalue weighted by molar-refractivity contribution is 0.628. The molecule has 1 heterocycles. The number of anilines is 2. The van der Waals surface area contributed by atoms with Crippen LogP contribution in [0.3, 0.4) is 0 Å². The Balaban J connectivity index is 2.02. The van der Waals surface area contributed by atoms with Crippen LogP contribution in [0.4, 0.5) is 11.5 Å². The first-order chi connectivity index (χ1) is 9.17. The largest absolute Gasteiger partial charge is 0.339 e. The molecule has 100 valence electrons. The van der Waals surface area contributed by atoms with Crippen LogP contribution in [0.5, 0.6) is 0 Å². The van der Waals surface area contributed by atoms with E-state index >= 15 is 0 Å². The molecule has 4 nitrogen and oxygen atoms in total. The summed E-state index contributed by atoms with van der Waals surface area (Å²) in [5, 5.41) is 11.6. The first kappa shape index (κ1) is 13.5. The highest BCUT2D eigenvalue weighted by Crippen LogP contribution is 2.15. The van der Waals surface area contributed by atoms with Crippen LogP contribution in [0.25, 0.3) is 0 Å². The average Bonchev–Trinajstić information content (AvgIpc) is 2.41. The fourth-order valence-electron chi connectivity index (χ4n) is 1.83. The summed E-state index contributed by atoms with van der Waals surface area (Å²) in [6.45, 7) is 4.91. The Hall–Kier alpha value is -1.94. The van der Waals surface area contributed by atoms with Crippen LogP contribution in [0.1, 0.15) is 25.1 Å². The molecule has 0 aliphatic heterocycles. The van der Waals surface area contributed by atoms with E-state index < -0.39 is 0 Å². The number of nitrogens with one attached hydrogen (secondary N) is 1. The normalized spacial score (nSPS) is 10.7. The van der Waals surface area contributed by atoms with Crippen molar-refractivity contribution in [2.45, 2.75) is 26.8 Å². The van der Waals surface area contributed by atoms with Gasteiger partial charge in [-0.25, -0.2) is 0 Å². The Bertz CT molecular complexity index is 503. The zero-order chi connectivity index (χ0) is 13.7. The summed E-state index contributed by atoms with van der Waals surface area (Å²) in [6, 6.07) is 12.0. The molecule has 0 fully saturated rings. The molecular formula is C15H20N4. The quantitative estimate of drug-likeness (QED) is 0.863. The van der Waals surface area contributed by atoms with Crippen LogP contribution in [0.2, 0.25) is 0 Å². The number of benzene rings is 1. The SMILES string of the molecule is CC(C)Cc1ccc(Nc2ccc(CN)cc2)nn1. The second-order valence-corrected chi connectivity index (χ2v) is 5.03. The molecule has 0 aliphatic carbocycles. The Labute approximate surface area is 114 Å². The fraction of sp³-hybridized carbons (Fsp3) is 0.333. The molecule has 4 heteroatoms. The summed E-state index contributed by atoms with van der Waals surface area (Å²) in [5.41, 5.74) is 8.70. The van der Waals surface area contributed by atoms with Gasteiger partial charge in [-0.1, -0.05) is 26.0 Å². The van der Waals surface area contributed by atoms with Crippen molar-refractivity contribution in [2.75, 3.05) is 5.32 Å². The van der Waals surface area contributed by atoms with Gasteiger partial charge in [0.2, 0.25) is 0 Å². The minimum atomic E-state index is 0.560. The van der Waals surface area contributed by atoms with E-state index in [0.717, 1.165) is 29.2 Å². The standard InChI is InChI=1S/C15H20N4/c1-11(2)9-14-7-8-15(19-18-14)17-13-5-3-12(10-16)4-6-13/h3-8,11H,9-10,16H2,1-2H3,(H,17,19). The third-order valence-corrected chi connectivity index (χ3v) is 2.80. The number of rotatable bonds is 5. The maximum atomic E-state index is 5.57. The number of hydrogen-bond acceptors (Lipinski definition) is 4. The molecule has 0 saturated heterocycles. The fourth-order valence-corrected chi connectivity index (χ4v) is 1.83. The minimum Gasteiger partial charge on any atom is -0.339 e. The van der Waals surface area contributed by atoms with Gasteiger partial charge >= 0.3 is 0 Å². The second-order valence-electron chi connectivity index (χ2n) is 5.03. The summed E-state index contributed by atoms with van der Waals surface area (Å²) in [6.07, 6.45) is 0.957. The molecule has 0 bridgehead atoms. The molecule has 1 aromatic heterocycles. The zero-order valence-electron chi connectivity index (χ0n) is 11.4. The molecule has 0 aliphatic rings. The highest BCUT2D eigenvalue weighted by molar-refractivity contribution is 5.55. The highest BCUT2D eigenvalue weighted by atomic mass is 15.2. The maximum Gasteiger partial charge on any atom is 0.153 e. The molecule has 0 saturated carbocycles. The average molecular weight is 256 g/mol. The van der Waals surface area contributed by atoms with Crippen LogP contribution in [0, 0.1) is 5.92 Å². The Kier molecular flexibility index (Phi) is 4.47. The zero-order valence-corrected chi connectivity index (χ0v) is 11.4. The summed E-state index contributed by atoms with van der Waals surface area (Å²) in [5.74, 6) is 1.35. The summed E-state index contributed by atoms with van der Waals surface area (Å²) < 4.78 is 0. The van der Waals surface area contributed by atoms with Gasteiger partial charge in [0, 0.05) is 12.2 Å². The molecule has 2 aromatic rings. The van der Waals surface area contributed by atoms with Crippen molar-refractivity contribution < 1.29 is 0 Å². The van der Waals surface area contributed by atoms with E-state index in [1.54, 1.807) is 0 Å². The van der Waals surface area contributed by atoms with Crippen molar-refractivity contribution in [2.24, 2.45) is 11.7 Å². The summed E-state index contributed by atoms with van der Waals surface area (Å²) in [4.78, 5) is 0. The minimum absolute atomic E-state index is 0.560. The molecule has 2 rings (SSSR count). The number of nitrogens with two attached hydrogens (primary N) is 1. The van der Waals surface area contributed by atoms with Crippen molar-refractivity contribution in [3.05, 3.63) is 47.7 Å². The van der Waals surface area contributed by atoms with Crippen molar-refractivity contribution in [1.29, 1.82) is 0 Å². The molecule has 0 spiro atoms. The lowest BCUT2D eigenvalue weighted by atomic mass is 10.1. The Morgan fingerprint density at radius 2 is 1.79 bits per heavy atom. The van der Waals surface area contributed by atoms with Gasteiger partial charge in [-0.3, -0.25) is 0 Å². The predicted molar refractivity (Wildman–Crippen MR) is 78.2 cm³/mol. The summed E-state index contributed by atoms with van der Waals surface area (Å²) in [7, 11) is 0. The van der Waals surface area contributed by atoms with Crippen molar-refractivity contribution >= 4 is 11.5 Å². The maximum absolute atomic E-state index is 5.57. The van der Waals surface area contributed by atoms with Crippen LogP contribution in [-0.4, -0.2) is 10.2 Å². The number of nitrogens with zero attached hydrogens (tertiary/aromatic N) is 2. The van der Waals surface area contributed by atoms with Gasteiger partial charge in [-0.05, 0) is 42.2 Å². The number of hydrogen-bond donors (Lipinski definition) is 2. The number of aromatic nitrogens is 2. The second kappa shape index (κ2) is 6.29. The van der Waals surface area contributed by atoms with E-state index in [9.17, 15) is 0 Å². The first-order valence-electron chi connectivity index (χ1n) is 6.56. The highest BCUT2D eigenvalue weighted by Gasteiger charge is 2.01. The lowest BCUT2D eigenvalue weighted by Crippen LogP contribution is -2.01. The van der Waals surface area contributed by atoms with Crippen LogP contribution in [-0.2, 0) is 13.0 Å². The van der Waals surface area contributed by atoms with Crippen molar-refractivity contribution in [3.8, 4) is 0 Å². The van der Waals surface area contributed by atoms with Crippen molar-refractivity contribution in [1.82, 2.24) is 10.2 Å². The topological polar surface area (TPSA) is 63.8 Å². The van der Waals surface area contributed by atoms with E-state index in [2.05, 4.69) is 29.4 Å². The lowest BCUT2D eigenvalue weighted by Gasteiger charge is -2.07. The monoisotopic (exact) mass is 256 g/mol. The smallest absolute Gasteiger partial charge is 0.153 e. The van der Waals surface area contributed by atoms with Crippen LogP contribution < -0.4 is 11.1 Å². The van der Waals surface area contributed by atoms with Gasteiger partial charge in [0.15, 0.2) is 5.82 Å². The van der Waals surface area contributed by atoms with E-state index in [0.29, 0.717) is 12.5 Å². The van der Waals surface area contributed by atoms with Gasteiger partial charge < -0.3 is 11.1 Å². The van der Waals surface area contributed by atoms with Crippen LogP contribution in [0.15, 0.2) is 36.4 Å². The molecular weight excluding hydrogens is 236 g/mol. The van der Waals surface area contributed by atoms with E-state index in [1.165, 1.54) is 0 Å². The summed E-state index contributed by atoms with van der Waals surface area (Å²) >= 11 is 0. The Morgan fingerprint density at radius 3 is 2.32 bits per heavy atom. The molecule has 3 N–H and O–H groups in total. The van der Waals surface area contributed by atoms with E-state index in [1.807, 2.05) is 36.4 Å². The molecule has 0 radical (unpaired) electrons. The molecule has 0 amide bonds. The predicted octanol–water partition coefficient (Wildman–Crippen LogP) is 2.88. The molecule has 1 aromatic carbocycles. The van der Waals surface area contributed by atoms with E-state index in [4.69, 9.17) is 5.73 Å². The van der Waals surface area contributed by atoms with Gasteiger partial charge in [0.25, 0.3) is 0 Å². The third kappa shape index (κ3) is 4.03. The van der Waals surface area contributed by atoms with Gasteiger partial charge in [-0.2, -0.15) is 5.10 Å². The van der Waals surface area contributed by atoms with Crippen LogP contribution >= 0.6 is 0 Å². The molecule has 0 unspecified atom stereocenters. The van der Waals surface area contributed by atoms with Crippen molar-refractivity contribution in [3.63, 3.8) is 0 Å². The molecule has 0 atom stereocenters. The van der Waals surface area contributed by atoms with Gasteiger partial charge in [0.05, 0.1) is 5.69 Å². The third-order valence-electron chi connectivity index (χ3n) is 2.80. The van der Waals surface area contributed by atoms with Gasteiger partial charge in [0.1, 0.15) is 0 Å².